The van der Waals surface area contributed by atoms with Crippen LogP contribution < -0.4 is 11.1 Å². The van der Waals surface area contributed by atoms with Crippen LogP contribution in [-0.2, 0) is 4.79 Å². The summed E-state index contributed by atoms with van der Waals surface area (Å²) >= 11 is 0. The van der Waals surface area contributed by atoms with Gasteiger partial charge in [0.1, 0.15) is 0 Å². The number of nitrogens with two attached hydrogens (primary N) is 1. The van der Waals surface area contributed by atoms with Gasteiger partial charge in [-0.1, -0.05) is 43.2 Å². The standard InChI is InChI=1S/C20H30N2O.ClH/c21-19-9-5-4-8-17(19)14-20(23)22-18-12-10-16(11-13-18)15-6-2-1-3-7-15;/h1-3,6-7,16-19H,4-5,8-14,21H2,(H,22,23);1H. The SMILES string of the molecule is Cl.NC1CCCCC1CC(=O)NC1CCC(c2ccccc2)CC1. The summed E-state index contributed by atoms with van der Waals surface area (Å²) in [6, 6.07) is 11.4. The lowest BCUT2D eigenvalue weighted by Gasteiger charge is -2.31. The molecule has 0 heterocycles. The molecule has 4 heteroatoms. The minimum absolute atomic E-state index is 0. The zero-order chi connectivity index (χ0) is 16.1. The third kappa shape index (κ3) is 5.22. The fourth-order valence-electron chi connectivity index (χ4n) is 4.31. The molecule has 1 amide bonds. The molecule has 2 atom stereocenters. The summed E-state index contributed by atoms with van der Waals surface area (Å²) < 4.78 is 0. The Bertz CT molecular complexity index is 500. The molecule has 3 nitrogen and oxygen atoms in total. The highest BCUT2D eigenvalue weighted by Gasteiger charge is 2.27. The van der Waals surface area contributed by atoms with Crippen molar-refractivity contribution in [2.24, 2.45) is 11.7 Å². The van der Waals surface area contributed by atoms with Crippen molar-refractivity contribution in [3.8, 4) is 0 Å². The largest absolute Gasteiger partial charge is 0.353 e. The van der Waals surface area contributed by atoms with E-state index < -0.39 is 0 Å². The summed E-state index contributed by atoms with van der Waals surface area (Å²) in [5.74, 6) is 1.27. The van der Waals surface area contributed by atoms with Gasteiger partial charge >= 0.3 is 0 Å². The average molecular weight is 351 g/mol. The van der Waals surface area contributed by atoms with Crippen LogP contribution in [0.3, 0.4) is 0 Å². The molecule has 0 radical (unpaired) electrons. The molecule has 2 fully saturated rings. The Morgan fingerprint density at radius 1 is 1.00 bits per heavy atom. The van der Waals surface area contributed by atoms with E-state index in [1.807, 2.05) is 0 Å². The Kier molecular flexibility index (Phi) is 7.57. The van der Waals surface area contributed by atoms with Gasteiger partial charge in [-0.05, 0) is 55.9 Å². The van der Waals surface area contributed by atoms with Gasteiger partial charge < -0.3 is 11.1 Å². The number of hydrogen-bond acceptors (Lipinski definition) is 2. The summed E-state index contributed by atoms with van der Waals surface area (Å²) in [6.07, 6.45) is 9.84. The summed E-state index contributed by atoms with van der Waals surface area (Å²) in [7, 11) is 0. The summed E-state index contributed by atoms with van der Waals surface area (Å²) in [6.45, 7) is 0. The molecule has 0 saturated heterocycles. The lowest BCUT2D eigenvalue weighted by molar-refractivity contribution is -0.123. The van der Waals surface area contributed by atoms with E-state index in [1.165, 1.54) is 31.2 Å². The smallest absolute Gasteiger partial charge is 0.220 e. The van der Waals surface area contributed by atoms with Crippen LogP contribution >= 0.6 is 12.4 Å². The number of carbonyl (C=O) groups excluding carboxylic acids is 1. The summed E-state index contributed by atoms with van der Waals surface area (Å²) in [4.78, 5) is 12.3. The van der Waals surface area contributed by atoms with Gasteiger partial charge in [0.2, 0.25) is 5.91 Å². The first-order chi connectivity index (χ1) is 11.2. The molecule has 0 aliphatic heterocycles. The molecule has 24 heavy (non-hydrogen) atoms. The van der Waals surface area contributed by atoms with Crippen molar-refractivity contribution < 1.29 is 4.79 Å². The molecule has 3 rings (SSSR count). The van der Waals surface area contributed by atoms with Crippen molar-refractivity contribution in [3.63, 3.8) is 0 Å². The lowest BCUT2D eigenvalue weighted by atomic mass is 9.81. The monoisotopic (exact) mass is 350 g/mol. The van der Waals surface area contributed by atoms with Crippen LogP contribution in [0.4, 0.5) is 0 Å². The van der Waals surface area contributed by atoms with Crippen molar-refractivity contribution >= 4 is 18.3 Å². The van der Waals surface area contributed by atoms with Crippen LogP contribution in [0.15, 0.2) is 30.3 Å². The Morgan fingerprint density at radius 3 is 2.33 bits per heavy atom. The Hall–Kier alpha value is -1.06. The van der Waals surface area contributed by atoms with Crippen molar-refractivity contribution in [2.75, 3.05) is 0 Å². The summed E-state index contributed by atoms with van der Waals surface area (Å²) in [5.41, 5.74) is 7.61. The van der Waals surface area contributed by atoms with Crippen LogP contribution in [0.1, 0.15) is 69.3 Å². The number of hydrogen-bond donors (Lipinski definition) is 2. The van der Waals surface area contributed by atoms with Crippen LogP contribution in [0.25, 0.3) is 0 Å². The van der Waals surface area contributed by atoms with Gasteiger partial charge in [0, 0.05) is 18.5 Å². The second-order valence-corrected chi connectivity index (χ2v) is 7.44. The maximum atomic E-state index is 12.3. The van der Waals surface area contributed by atoms with E-state index in [2.05, 4.69) is 35.6 Å². The van der Waals surface area contributed by atoms with E-state index in [0.717, 1.165) is 25.7 Å². The lowest BCUT2D eigenvalue weighted by Crippen LogP contribution is -2.41. The molecule has 1 aromatic rings. The zero-order valence-electron chi connectivity index (χ0n) is 14.5. The van der Waals surface area contributed by atoms with Crippen molar-refractivity contribution in [1.29, 1.82) is 0 Å². The van der Waals surface area contributed by atoms with E-state index in [-0.39, 0.29) is 24.4 Å². The number of amides is 1. The minimum atomic E-state index is 0. The topological polar surface area (TPSA) is 55.1 Å². The van der Waals surface area contributed by atoms with Crippen LogP contribution in [0.5, 0.6) is 0 Å². The highest BCUT2D eigenvalue weighted by atomic mass is 35.5. The molecule has 1 aromatic carbocycles. The van der Waals surface area contributed by atoms with Crippen molar-refractivity contribution in [3.05, 3.63) is 35.9 Å². The van der Waals surface area contributed by atoms with E-state index in [9.17, 15) is 4.79 Å². The van der Waals surface area contributed by atoms with Gasteiger partial charge in [0.05, 0.1) is 0 Å². The van der Waals surface area contributed by atoms with E-state index >= 15 is 0 Å². The molecular weight excluding hydrogens is 320 g/mol. The molecule has 2 aliphatic carbocycles. The Morgan fingerprint density at radius 2 is 1.67 bits per heavy atom. The third-order valence-corrected chi connectivity index (χ3v) is 5.78. The predicted octanol–water partition coefficient (Wildman–Crippen LogP) is 4.16. The van der Waals surface area contributed by atoms with Gasteiger partial charge in [-0.2, -0.15) is 0 Å². The van der Waals surface area contributed by atoms with E-state index in [1.54, 1.807) is 0 Å². The quantitative estimate of drug-likeness (QED) is 0.856. The average Bonchev–Trinajstić information content (AvgIpc) is 2.58. The Labute approximate surface area is 152 Å². The van der Waals surface area contributed by atoms with Gasteiger partial charge in [0.25, 0.3) is 0 Å². The van der Waals surface area contributed by atoms with Gasteiger partial charge in [-0.25, -0.2) is 0 Å². The highest BCUT2D eigenvalue weighted by molar-refractivity contribution is 5.85. The second-order valence-electron chi connectivity index (χ2n) is 7.44. The molecule has 134 valence electrons. The number of benzene rings is 1. The molecule has 0 bridgehead atoms. The molecule has 2 unspecified atom stereocenters. The Balaban J connectivity index is 0.00000208. The maximum Gasteiger partial charge on any atom is 0.220 e. The van der Waals surface area contributed by atoms with Crippen LogP contribution in [0, 0.1) is 5.92 Å². The van der Waals surface area contributed by atoms with E-state index in [4.69, 9.17) is 5.73 Å². The molecule has 2 aliphatic rings. The third-order valence-electron chi connectivity index (χ3n) is 5.78. The normalized spacial score (nSPS) is 30.2. The fraction of sp³-hybridized carbons (Fsp3) is 0.650. The molecule has 2 saturated carbocycles. The molecular formula is C20H31ClN2O. The summed E-state index contributed by atoms with van der Waals surface area (Å²) in [5, 5.41) is 3.26. The number of halogens is 1. The molecule has 0 aromatic heterocycles. The van der Waals surface area contributed by atoms with Gasteiger partial charge in [-0.15, -0.1) is 12.4 Å². The molecule has 3 N–H and O–H groups in total. The fourth-order valence-corrected chi connectivity index (χ4v) is 4.31. The number of nitrogens with one attached hydrogen (secondary N) is 1. The highest BCUT2D eigenvalue weighted by Crippen LogP contribution is 2.33. The predicted molar refractivity (Wildman–Crippen MR) is 101 cm³/mol. The van der Waals surface area contributed by atoms with Crippen molar-refractivity contribution in [2.45, 2.75) is 75.8 Å². The first-order valence-electron chi connectivity index (χ1n) is 9.32. The van der Waals surface area contributed by atoms with Crippen LogP contribution in [-0.4, -0.2) is 18.0 Å². The van der Waals surface area contributed by atoms with Crippen LogP contribution in [0.2, 0.25) is 0 Å². The number of rotatable bonds is 4. The molecule has 0 spiro atoms. The number of carbonyl (C=O) groups is 1. The van der Waals surface area contributed by atoms with Gasteiger partial charge in [0.15, 0.2) is 0 Å². The first kappa shape index (κ1) is 19.3. The van der Waals surface area contributed by atoms with E-state index in [0.29, 0.717) is 24.3 Å². The first-order valence-corrected chi connectivity index (χ1v) is 9.32. The minimum Gasteiger partial charge on any atom is -0.353 e. The van der Waals surface area contributed by atoms with Gasteiger partial charge in [-0.3, -0.25) is 4.79 Å². The zero-order valence-corrected chi connectivity index (χ0v) is 15.3. The van der Waals surface area contributed by atoms with Crippen molar-refractivity contribution in [1.82, 2.24) is 5.32 Å². The maximum absolute atomic E-state index is 12.3. The second kappa shape index (κ2) is 9.43.